The highest BCUT2D eigenvalue weighted by molar-refractivity contribution is 6.36. The molecule has 1 N–H and O–H groups in total. The van der Waals surface area contributed by atoms with Gasteiger partial charge in [0.1, 0.15) is 9.75 Å². The van der Waals surface area contributed by atoms with Crippen LogP contribution in [0, 0.1) is 18.8 Å². The normalized spacial score (nSPS) is 26.7. The van der Waals surface area contributed by atoms with E-state index < -0.39 is 21.6 Å². The number of anilines is 1. The molecule has 3 aromatic carbocycles. The molecule has 1 heterocycles. The molecule has 7 heteroatoms. The minimum absolute atomic E-state index is 0.0477. The lowest BCUT2D eigenvalue weighted by molar-refractivity contribution is -0.140. The van der Waals surface area contributed by atoms with Gasteiger partial charge in [-0.25, -0.2) is 0 Å². The molecule has 38 heavy (non-hydrogen) atoms. The predicted molar refractivity (Wildman–Crippen MR) is 148 cm³/mol. The number of alkyl halides is 2. The van der Waals surface area contributed by atoms with Crippen molar-refractivity contribution in [3.8, 4) is 0 Å². The van der Waals surface area contributed by atoms with Crippen LogP contribution < -0.4 is 5.32 Å². The number of imide groups is 1. The van der Waals surface area contributed by atoms with Crippen molar-refractivity contribution in [1.82, 2.24) is 4.90 Å². The van der Waals surface area contributed by atoms with Crippen molar-refractivity contribution in [3.05, 3.63) is 101 Å². The summed E-state index contributed by atoms with van der Waals surface area (Å²) < 4.78 is 0. The smallest absolute Gasteiger partial charge is 0.235 e. The molecule has 1 aliphatic heterocycles. The number of nitrogens with one attached hydrogen (secondary N) is 1. The van der Waals surface area contributed by atoms with E-state index in [0.717, 1.165) is 33.5 Å². The molecule has 3 aliphatic carbocycles. The fraction of sp³-hybridized carbons (Fsp3) is 0.323. The van der Waals surface area contributed by atoms with E-state index in [4.69, 9.17) is 23.2 Å². The van der Waals surface area contributed by atoms with Gasteiger partial charge in [0.15, 0.2) is 0 Å². The summed E-state index contributed by atoms with van der Waals surface area (Å²) in [4.78, 5) is 39.0. The lowest BCUT2D eigenvalue weighted by Gasteiger charge is -2.54. The number of likely N-dealkylation sites (tertiary alicyclic amines) is 1. The van der Waals surface area contributed by atoms with Crippen molar-refractivity contribution in [2.45, 2.75) is 42.4 Å². The molecule has 0 radical (unpaired) electrons. The highest BCUT2D eigenvalue weighted by Crippen LogP contribution is 2.69. The van der Waals surface area contributed by atoms with Crippen molar-refractivity contribution in [2.75, 3.05) is 11.9 Å². The van der Waals surface area contributed by atoms with Gasteiger partial charge < -0.3 is 5.32 Å². The number of aryl methyl sites for hydroxylation is 1. The molecule has 0 aromatic heterocycles. The Morgan fingerprint density at radius 3 is 1.71 bits per heavy atom. The molecule has 4 aliphatic rings. The highest BCUT2D eigenvalue weighted by atomic mass is 35.5. The third kappa shape index (κ3) is 3.55. The molecular formula is C31H28Cl2N2O3. The zero-order valence-corrected chi connectivity index (χ0v) is 22.6. The molecule has 5 nitrogen and oxygen atoms in total. The van der Waals surface area contributed by atoms with Crippen LogP contribution in [0.25, 0.3) is 0 Å². The second-order valence-corrected chi connectivity index (χ2v) is 11.7. The number of hydrogen-bond acceptors (Lipinski definition) is 3. The number of hydrogen-bond donors (Lipinski definition) is 1. The number of halogens is 2. The second-order valence-electron chi connectivity index (χ2n) is 10.5. The molecule has 1 saturated heterocycles. The Labute approximate surface area is 232 Å². The van der Waals surface area contributed by atoms with Gasteiger partial charge >= 0.3 is 0 Å². The first-order valence-electron chi connectivity index (χ1n) is 13.1. The summed E-state index contributed by atoms with van der Waals surface area (Å²) in [5.74, 6) is -2.10. The van der Waals surface area contributed by atoms with Gasteiger partial charge in [-0.3, -0.25) is 19.3 Å². The Balaban J connectivity index is 1.16. The molecule has 0 unspecified atom stereocenters. The summed E-state index contributed by atoms with van der Waals surface area (Å²) in [7, 11) is 0. The van der Waals surface area contributed by atoms with Crippen molar-refractivity contribution < 1.29 is 14.4 Å². The number of nitrogens with zero attached hydrogens (tertiary/aromatic N) is 1. The zero-order chi connectivity index (χ0) is 26.7. The Hall–Kier alpha value is -3.15. The van der Waals surface area contributed by atoms with Crippen LogP contribution in [-0.4, -0.2) is 29.2 Å². The fourth-order valence-corrected chi connectivity index (χ4v) is 7.64. The molecule has 3 aromatic rings. The number of rotatable bonds is 7. The Bertz CT molecular complexity index is 1330. The maximum atomic E-state index is 13.8. The summed E-state index contributed by atoms with van der Waals surface area (Å²) in [6.45, 7) is 2.29. The minimum atomic E-state index is -1.15. The lowest BCUT2D eigenvalue weighted by Crippen LogP contribution is -2.57. The van der Waals surface area contributed by atoms with Crippen LogP contribution in [0.5, 0.6) is 0 Å². The largest absolute Gasteiger partial charge is 0.326 e. The van der Waals surface area contributed by atoms with Gasteiger partial charge in [-0.05, 0) is 54.2 Å². The molecule has 2 atom stereocenters. The van der Waals surface area contributed by atoms with Gasteiger partial charge in [0.2, 0.25) is 17.7 Å². The summed E-state index contributed by atoms with van der Waals surface area (Å²) in [5, 5.41) is 2.90. The van der Waals surface area contributed by atoms with Crippen molar-refractivity contribution >= 4 is 46.6 Å². The van der Waals surface area contributed by atoms with Crippen molar-refractivity contribution in [2.24, 2.45) is 11.8 Å². The number of unbranched alkanes of at least 4 members (excludes halogenated alkanes) is 2. The van der Waals surface area contributed by atoms with Crippen molar-refractivity contribution in [3.63, 3.8) is 0 Å². The first kappa shape index (κ1) is 25.1. The van der Waals surface area contributed by atoms with Crippen LogP contribution >= 0.6 is 23.2 Å². The number of carbonyl (C=O) groups excluding carboxylic acids is 3. The third-order valence-electron chi connectivity index (χ3n) is 8.30. The van der Waals surface area contributed by atoms with Crippen LogP contribution in [-0.2, 0) is 24.1 Å². The van der Waals surface area contributed by atoms with E-state index in [1.54, 1.807) is 0 Å². The van der Waals surface area contributed by atoms with Gasteiger partial charge in [0, 0.05) is 18.7 Å². The maximum Gasteiger partial charge on any atom is 0.235 e. The zero-order valence-electron chi connectivity index (χ0n) is 21.0. The maximum absolute atomic E-state index is 13.8. The van der Waals surface area contributed by atoms with Gasteiger partial charge in [-0.2, -0.15) is 0 Å². The lowest BCUT2D eigenvalue weighted by atomic mass is 9.54. The fourth-order valence-electron chi connectivity index (χ4n) is 6.54. The topological polar surface area (TPSA) is 66.5 Å². The van der Waals surface area contributed by atoms with Gasteiger partial charge in [0.25, 0.3) is 0 Å². The average Bonchev–Trinajstić information content (AvgIpc) is 3.19. The van der Waals surface area contributed by atoms with E-state index in [0.29, 0.717) is 25.7 Å². The summed E-state index contributed by atoms with van der Waals surface area (Å²) in [6, 6.07) is 23.0. The molecule has 0 saturated carbocycles. The van der Waals surface area contributed by atoms with Crippen LogP contribution in [0.2, 0.25) is 0 Å². The van der Waals surface area contributed by atoms with E-state index in [-0.39, 0.29) is 24.3 Å². The van der Waals surface area contributed by atoms with Gasteiger partial charge in [-0.15, -0.1) is 23.2 Å². The van der Waals surface area contributed by atoms with Gasteiger partial charge in [-0.1, -0.05) is 72.6 Å². The minimum Gasteiger partial charge on any atom is -0.326 e. The Morgan fingerprint density at radius 1 is 0.763 bits per heavy atom. The van der Waals surface area contributed by atoms with Crippen LogP contribution in [0.4, 0.5) is 5.69 Å². The second kappa shape index (κ2) is 9.25. The SMILES string of the molecule is Cc1ccc(NC(=O)CCCCCN2C(=O)[C@H]3[C@H](C2=O)C2(Cl)c4ccccc4C3(Cl)c3ccccc32)cc1. The van der Waals surface area contributed by atoms with Crippen LogP contribution in [0.1, 0.15) is 53.5 Å². The monoisotopic (exact) mass is 546 g/mol. The van der Waals surface area contributed by atoms with E-state index >= 15 is 0 Å². The van der Waals surface area contributed by atoms with Crippen molar-refractivity contribution in [1.29, 1.82) is 0 Å². The molecule has 7 rings (SSSR count). The number of benzene rings is 3. The third-order valence-corrected chi connectivity index (χ3v) is 9.58. The molecule has 2 bridgehead atoms. The molecular weight excluding hydrogens is 519 g/mol. The first-order valence-corrected chi connectivity index (χ1v) is 13.8. The number of carbonyl (C=O) groups is 3. The molecule has 194 valence electrons. The average molecular weight is 547 g/mol. The van der Waals surface area contributed by atoms with E-state index in [2.05, 4.69) is 5.32 Å². The summed E-state index contributed by atoms with van der Waals surface area (Å²) in [5.41, 5.74) is 5.13. The predicted octanol–water partition coefficient (Wildman–Crippen LogP) is 6.09. The number of amides is 3. The van der Waals surface area contributed by atoms with E-state index in [1.807, 2.05) is 79.7 Å². The highest BCUT2D eigenvalue weighted by Gasteiger charge is 2.72. The summed E-state index contributed by atoms with van der Waals surface area (Å²) >= 11 is 14.9. The Morgan fingerprint density at radius 2 is 1.24 bits per heavy atom. The molecule has 0 spiro atoms. The first-order chi connectivity index (χ1) is 18.3. The Kier molecular flexibility index (Phi) is 6.12. The van der Waals surface area contributed by atoms with Gasteiger partial charge in [0.05, 0.1) is 11.8 Å². The summed E-state index contributed by atoms with van der Waals surface area (Å²) in [6.07, 6.45) is 2.36. The van der Waals surface area contributed by atoms with E-state index in [9.17, 15) is 14.4 Å². The molecule has 1 fully saturated rings. The standard InChI is InChI=1S/C31H28Cl2N2O3/c1-19-14-16-20(17-15-19)34-25(36)13-3-2-8-18-35-28(37)26-27(29(35)38)31(33)22-10-5-4-9-21(22)30(26,32)23-11-6-7-12-24(23)31/h4-7,9-12,14-17,26-27H,2-3,8,13,18H2,1H3,(H,34,36)/t26-,27-,30?,31?/m1/s1. The molecule has 3 amide bonds. The quantitative estimate of drug-likeness (QED) is 0.221. The van der Waals surface area contributed by atoms with Crippen LogP contribution in [0.3, 0.4) is 0 Å². The van der Waals surface area contributed by atoms with E-state index in [1.165, 1.54) is 4.90 Å². The van der Waals surface area contributed by atoms with Crippen LogP contribution in [0.15, 0.2) is 72.8 Å².